The zero-order chi connectivity index (χ0) is 22.0. The second kappa shape index (κ2) is 8.61. The van der Waals surface area contributed by atoms with Crippen molar-refractivity contribution >= 4 is 40.6 Å². The predicted octanol–water partition coefficient (Wildman–Crippen LogP) is 3.63. The standard InChI is InChI=1S/C24H23N3O2S2/c1-24(2,3)20(28)13-21-25-23(29)19(31-21)12-17-15-27(14-16-8-5-4-6-9-16)26-22(17)18-10-7-11-30-18/h4-13,15H,14H2,1-3H3,(H,25,29)/b19-12+,21-13+. The number of nitrogens with one attached hydrogen (secondary N) is 1. The SMILES string of the molecule is CC(C)(C)C(=O)/C=c1\[nH]c(=O)/c(=C\c2cn(Cc3ccccc3)nc2-c2cccs2)s1. The molecule has 3 aromatic heterocycles. The maximum Gasteiger partial charge on any atom is 0.266 e. The molecule has 0 aliphatic heterocycles. The van der Waals surface area contributed by atoms with Crippen molar-refractivity contribution in [2.24, 2.45) is 5.41 Å². The van der Waals surface area contributed by atoms with Gasteiger partial charge >= 0.3 is 0 Å². The van der Waals surface area contributed by atoms with Crippen LogP contribution in [0.1, 0.15) is 31.9 Å². The van der Waals surface area contributed by atoms with E-state index in [1.807, 2.05) is 73.4 Å². The smallest absolute Gasteiger partial charge is 0.266 e. The number of thiophene rings is 1. The zero-order valence-electron chi connectivity index (χ0n) is 17.6. The fourth-order valence-electron chi connectivity index (χ4n) is 3.00. The summed E-state index contributed by atoms with van der Waals surface area (Å²) >= 11 is 2.90. The number of nitrogens with zero attached hydrogens (tertiary/aromatic N) is 2. The van der Waals surface area contributed by atoms with Crippen LogP contribution in [-0.4, -0.2) is 20.5 Å². The Hall–Kier alpha value is -3.03. The first-order valence-electron chi connectivity index (χ1n) is 9.92. The molecular weight excluding hydrogens is 426 g/mol. The number of thiazole rings is 1. The molecule has 0 atom stereocenters. The predicted molar refractivity (Wildman–Crippen MR) is 128 cm³/mol. The van der Waals surface area contributed by atoms with Gasteiger partial charge in [-0.05, 0) is 23.1 Å². The summed E-state index contributed by atoms with van der Waals surface area (Å²) in [5.74, 6) is -0.0218. The van der Waals surface area contributed by atoms with Gasteiger partial charge < -0.3 is 4.98 Å². The number of H-pyrrole nitrogens is 1. The lowest BCUT2D eigenvalue weighted by molar-refractivity contribution is -0.119. The summed E-state index contributed by atoms with van der Waals surface area (Å²) in [5.41, 5.74) is 2.18. The highest BCUT2D eigenvalue weighted by Crippen LogP contribution is 2.27. The van der Waals surface area contributed by atoms with Gasteiger partial charge in [0, 0.05) is 23.3 Å². The van der Waals surface area contributed by atoms with Crippen molar-refractivity contribution in [2.45, 2.75) is 27.3 Å². The Morgan fingerprint density at radius 3 is 2.61 bits per heavy atom. The largest absolute Gasteiger partial charge is 0.313 e. The molecule has 1 N–H and O–H groups in total. The molecule has 1 aromatic carbocycles. The Balaban J connectivity index is 1.77. The van der Waals surface area contributed by atoms with Crippen LogP contribution in [0.5, 0.6) is 0 Å². The molecule has 0 aliphatic rings. The van der Waals surface area contributed by atoms with E-state index >= 15 is 0 Å². The van der Waals surface area contributed by atoms with Gasteiger partial charge in [-0.2, -0.15) is 5.10 Å². The molecule has 0 radical (unpaired) electrons. The lowest BCUT2D eigenvalue weighted by Gasteiger charge is -2.12. The molecule has 0 unspecified atom stereocenters. The highest BCUT2D eigenvalue weighted by Gasteiger charge is 2.18. The highest BCUT2D eigenvalue weighted by molar-refractivity contribution is 7.13. The van der Waals surface area contributed by atoms with Crippen molar-refractivity contribution < 1.29 is 4.79 Å². The van der Waals surface area contributed by atoms with Gasteiger partial charge in [-0.15, -0.1) is 22.7 Å². The first-order chi connectivity index (χ1) is 14.8. The molecular formula is C24H23N3O2S2. The number of carbonyl (C=O) groups is 1. The van der Waals surface area contributed by atoms with E-state index in [4.69, 9.17) is 5.10 Å². The minimum Gasteiger partial charge on any atom is -0.313 e. The summed E-state index contributed by atoms with van der Waals surface area (Å²) in [6.45, 7) is 6.23. The average Bonchev–Trinajstić information content (AvgIpc) is 3.43. The first kappa shape index (κ1) is 21.2. The molecule has 3 heterocycles. The van der Waals surface area contributed by atoms with Gasteiger partial charge in [0.2, 0.25) is 0 Å². The van der Waals surface area contributed by atoms with Crippen LogP contribution in [0.25, 0.3) is 22.7 Å². The van der Waals surface area contributed by atoms with Crippen molar-refractivity contribution in [1.82, 2.24) is 14.8 Å². The molecule has 0 fully saturated rings. The molecule has 0 spiro atoms. The number of carbonyl (C=O) groups excluding carboxylic acids is 1. The number of aromatic nitrogens is 3. The van der Waals surface area contributed by atoms with Crippen molar-refractivity contribution in [3.8, 4) is 10.6 Å². The Bertz CT molecular complexity index is 1370. The number of Topliss-reactive ketones (excluding diaryl/α,β-unsaturated/α-hetero) is 1. The molecule has 5 nitrogen and oxygen atoms in total. The molecule has 0 saturated carbocycles. The van der Waals surface area contributed by atoms with E-state index in [1.54, 1.807) is 11.3 Å². The van der Waals surface area contributed by atoms with E-state index in [0.29, 0.717) is 15.7 Å². The Kier molecular flexibility index (Phi) is 5.89. The third kappa shape index (κ3) is 5.00. The van der Waals surface area contributed by atoms with Gasteiger partial charge in [0.25, 0.3) is 5.56 Å². The van der Waals surface area contributed by atoms with Crippen LogP contribution in [0.15, 0.2) is 58.8 Å². The van der Waals surface area contributed by atoms with Crippen molar-refractivity contribution in [1.29, 1.82) is 0 Å². The Morgan fingerprint density at radius 2 is 1.94 bits per heavy atom. The Morgan fingerprint density at radius 1 is 1.16 bits per heavy atom. The van der Waals surface area contributed by atoms with Crippen LogP contribution in [0.4, 0.5) is 0 Å². The van der Waals surface area contributed by atoms with Crippen LogP contribution in [0.2, 0.25) is 0 Å². The number of aromatic amines is 1. The first-order valence-corrected chi connectivity index (χ1v) is 11.6. The van der Waals surface area contributed by atoms with Crippen LogP contribution in [0.3, 0.4) is 0 Å². The quantitative estimate of drug-likeness (QED) is 0.506. The summed E-state index contributed by atoms with van der Waals surface area (Å²) in [7, 11) is 0. The number of hydrogen-bond acceptors (Lipinski definition) is 5. The van der Waals surface area contributed by atoms with E-state index in [0.717, 1.165) is 21.7 Å². The maximum atomic E-state index is 12.5. The topological polar surface area (TPSA) is 67.8 Å². The summed E-state index contributed by atoms with van der Waals surface area (Å²) in [5, 5.41) is 6.80. The van der Waals surface area contributed by atoms with E-state index in [9.17, 15) is 9.59 Å². The van der Waals surface area contributed by atoms with Crippen LogP contribution in [-0.2, 0) is 11.3 Å². The summed E-state index contributed by atoms with van der Waals surface area (Å²) in [6.07, 6.45) is 5.33. The molecule has 0 amide bonds. The third-order valence-electron chi connectivity index (χ3n) is 4.70. The second-order valence-electron chi connectivity index (χ2n) is 8.28. The molecule has 158 valence electrons. The van der Waals surface area contributed by atoms with Gasteiger partial charge in [0.05, 0.1) is 20.6 Å². The van der Waals surface area contributed by atoms with Crippen molar-refractivity contribution in [3.63, 3.8) is 0 Å². The molecule has 4 rings (SSSR count). The fourth-order valence-corrected chi connectivity index (χ4v) is 4.61. The molecule has 31 heavy (non-hydrogen) atoms. The molecule has 0 saturated heterocycles. The van der Waals surface area contributed by atoms with Gasteiger partial charge in [0.15, 0.2) is 5.78 Å². The van der Waals surface area contributed by atoms with Gasteiger partial charge in [0.1, 0.15) is 5.69 Å². The van der Waals surface area contributed by atoms with E-state index in [-0.39, 0.29) is 11.3 Å². The highest BCUT2D eigenvalue weighted by atomic mass is 32.1. The normalized spacial score (nSPS) is 13.1. The lowest BCUT2D eigenvalue weighted by atomic mass is 9.91. The number of rotatable bonds is 5. The summed E-state index contributed by atoms with van der Waals surface area (Å²) < 4.78 is 3.00. The maximum absolute atomic E-state index is 12.5. The average molecular weight is 450 g/mol. The second-order valence-corrected chi connectivity index (χ2v) is 10.3. The minimum atomic E-state index is -0.490. The van der Waals surface area contributed by atoms with Crippen LogP contribution < -0.4 is 14.8 Å². The zero-order valence-corrected chi connectivity index (χ0v) is 19.2. The lowest BCUT2D eigenvalue weighted by Crippen LogP contribution is -2.22. The van der Waals surface area contributed by atoms with Crippen molar-refractivity contribution in [3.05, 3.63) is 84.7 Å². The third-order valence-corrected chi connectivity index (χ3v) is 6.54. The number of ketones is 1. The summed E-state index contributed by atoms with van der Waals surface area (Å²) in [4.78, 5) is 28.7. The fraction of sp³-hybridized carbons (Fsp3) is 0.208. The monoisotopic (exact) mass is 449 g/mol. The molecule has 7 heteroatoms. The van der Waals surface area contributed by atoms with Crippen molar-refractivity contribution in [2.75, 3.05) is 0 Å². The Labute approximate surface area is 188 Å². The molecule has 0 aliphatic carbocycles. The molecule has 0 bridgehead atoms. The number of hydrogen-bond donors (Lipinski definition) is 1. The van der Waals surface area contributed by atoms with Crippen LogP contribution >= 0.6 is 22.7 Å². The number of benzene rings is 1. The van der Waals surface area contributed by atoms with Gasteiger partial charge in [-0.1, -0.05) is 57.2 Å². The van der Waals surface area contributed by atoms with Gasteiger partial charge in [-0.3, -0.25) is 14.3 Å². The van der Waals surface area contributed by atoms with Gasteiger partial charge in [-0.25, -0.2) is 0 Å². The minimum absolute atomic E-state index is 0.0218. The van der Waals surface area contributed by atoms with E-state index in [2.05, 4.69) is 17.1 Å². The molecule has 4 aromatic rings. The van der Waals surface area contributed by atoms with Crippen LogP contribution in [0, 0.1) is 5.41 Å². The van der Waals surface area contributed by atoms with E-state index in [1.165, 1.54) is 17.4 Å². The van der Waals surface area contributed by atoms with E-state index < -0.39 is 5.41 Å². The summed E-state index contributed by atoms with van der Waals surface area (Å²) in [6, 6.07) is 14.1.